The van der Waals surface area contributed by atoms with Crippen LogP contribution in [0.2, 0.25) is 0 Å². The van der Waals surface area contributed by atoms with Crippen LogP contribution in [-0.4, -0.2) is 12.4 Å². The normalized spacial score (nSPS) is 16.4. The average molecular weight is 254 g/mol. The van der Waals surface area contributed by atoms with Gasteiger partial charge in [-0.2, -0.15) is 0 Å². The second kappa shape index (κ2) is 5.43. The monoisotopic (exact) mass is 254 g/mol. The van der Waals surface area contributed by atoms with Gasteiger partial charge in [0.25, 0.3) is 0 Å². The van der Waals surface area contributed by atoms with E-state index in [4.69, 9.17) is 4.74 Å². The molecule has 2 heteroatoms. The van der Waals surface area contributed by atoms with Gasteiger partial charge in [0.05, 0.1) is 6.10 Å². The first kappa shape index (κ1) is 12.2. The number of hydrogen-bond acceptors (Lipinski definition) is 2. The second-order valence-electron chi connectivity index (χ2n) is 5.23. The van der Waals surface area contributed by atoms with E-state index in [2.05, 4.69) is 0 Å². The van der Waals surface area contributed by atoms with Crippen molar-refractivity contribution in [1.82, 2.24) is 0 Å². The van der Waals surface area contributed by atoms with E-state index >= 15 is 0 Å². The fraction of sp³-hybridized carbons (Fsp3) is 0.353. The Morgan fingerprint density at radius 1 is 1.05 bits per heavy atom. The summed E-state index contributed by atoms with van der Waals surface area (Å²) < 4.78 is 6.05. The maximum atomic E-state index is 11.2. The molecule has 98 valence electrons. The van der Waals surface area contributed by atoms with Gasteiger partial charge in [-0.1, -0.05) is 30.7 Å². The molecule has 1 aliphatic rings. The fourth-order valence-electron chi connectivity index (χ4n) is 2.85. The van der Waals surface area contributed by atoms with Gasteiger partial charge in [-0.15, -0.1) is 0 Å². The lowest BCUT2D eigenvalue weighted by atomic mass is 9.97. The van der Waals surface area contributed by atoms with Crippen LogP contribution in [0.25, 0.3) is 10.8 Å². The smallest absolute Gasteiger partial charge is 0.150 e. The minimum atomic E-state index is 0.314. The number of hydrogen-bond donors (Lipinski definition) is 0. The Kier molecular flexibility index (Phi) is 3.49. The molecule has 0 aromatic heterocycles. The summed E-state index contributed by atoms with van der Waals surface area (Å²) >= 11 is 0. The molecule has 2 nitrogen and oxygen atoms in total. The number of fused-ring (bicyclic) bond motifs is 1. The molecule has 1 aliphatic carbocycles. The molecule has 0 spiro atoms. The zero-order chi connectivity index (χ0) is 13.1. The van der Waals surface area contributed by atoms with Crippen molar-refractivity contribution in [2.75, 3.05) is 0 Å². The third kappa shape index (κ3) is 2.62. The van der Waals surface area contributed by atoms with E-state index in [9.17, 15) is 4.79 Å². The Balaban J connectivity index is 1.92. The van der Waals surface area contributed by atoms with Gasteiger partial charge in [0.1, 0.15) is 5.75 Å². The first-order chi connectivity index (χ1) is 9.36. The van der Waals surface area contributed by atoms with Crippen molar-refractivity contribution in [2.45, 2.75) is 38.2 Å². The van der Waals surface area contributed by atoms with Gasteiger partial charge in [0, 0.05) is 5.56 Å². The highest BCUT2D eigenvalue weighted by atomic mass is 16.5. The predicted molar refractivity (Wildman–Crippen MR) is 76.8 cm³/mol. The van der Waals surface area contributed by atoms with Crippen LogP contribution < -0.4 is 4.74 Å². The van der Waals surface area contributed by atoms with Crippen molar-refractivity contribution < 1.29 is 9.53 Å². The molecule has 1 fully saturated rings. The number of benzene rings is 2. The lowest BCUT2D eigenvalue weighted by Gasteiger charge is -2.23. The summed E-state index contributed by atoms with van der Waals surface area (Å²) in [5.41, 5.74) is 0.712. The van der Waals surface area contributed by atoms with E-state index in [1.807, 2.05) is 36.4 Å². The molecule has 0 radical (unpaired) electrons. The van der Waals surface area contributed by atoms with Gasteiger partial charge >= 0.3 is 0 Å². The van der Waals surface area contributed by atoms with Crippen LogP contribution >= 0.6 is 0 Å². The SMILES string of the molecule is O=Cc1cc(OC2CCCCC2)cc2ccccc12. The van der Waals surface area contributed by atoms with Gasteiger partial charge in [-0.25, -0.2) is 0 Å². The Labute approximate surface area is 113 Å². The molecular formula is C17H18O2. The molecule has 0 amide bonds. The Hall–Kier alpha value is -1.83. The van der Waals surface area contributed by atoms with Crippen LogP contribution in [0, 0.1) is 0 Å². The highest BCUT2D eigenvalue weighted by Gasteiger charge is 2.15. The molecular weight excluding hydrogens is 236 g/mol. The first-order valence-electron chi connectivity index (χ1n) is 7.01. The van der Waals surface area contributed by atoms with Gasteiger partial charge in [-0.05, 0) is 48.6 Å². The molecule has 0 unspecified atom stereocenters. The van der Waals surface area contributed by atoms with Gasteiger partial charge in [-0.3, -0.25) is 4.79 Å². The number of rotatable bonds is 3. The van der Waals surface area contributed by atoms with Crippen molar-refractivity contribution in [3.63, 3.8) is 0 Å². The Morgan fingerprint density at radius 2 is 1.84 bits per heavy atom. The molecule has 1 saturated carbocycles. The quantitative estimate of drug-likeness (QED) is 0.760. The van der Waals surface area contributed by atoms with Gasteiger partial charge < -0.3 is 4.74 Å². The molecule has 0 heterocycles. The van der Waals surface area contributed by atoms with E-state index in [0.29, 0.717) is 11.7 Å². The maximum absolute atomic E-state index is 11.2. The van der Waals surface area contributed by atoms with E-state index in [1.54, 1.807) is 0 Å². The third-order valence-electron chi connectivity index (χ3n) is 3.85. The van der Waals surface area contributed by atoms with E-state index in [0.717, 1.165) is 35.6 Å². The lowest BCUT2D eigenvalue weighted by molar-refractivity contribution is 0.112. The van der Waals surface area contributed by atoms with E-state index in [1.165, 1.54) is 19.3 Å². The summed E-state index contributed by atoms with van der Waals surface area (Å²) in [4.78, 5) is 11.2. The number of carbonyl (C=O) groups excluding carboxylic acids is 1. The lowest BCUT2D eigenvalue weighted by Crippen LogP contribution is -2.19. The summed E-state index contributed by atoms with van der Waals surface area (Å²) in [5, 5.41) is 2.06. The average Bonchev–Trinajstić information content (AvgIpc) is 2.47. The van der Waals surface area contributed by atoms with Crippen molar-refractivity contribution in [2.24, 2.45) is 0 Å². The molecule has 2 aromatic carbocycles. The largest absolute Gasteiger partial charge is 0.490 e. The summed E-state index contributed by atoms with van der Waals surface area (Å²) in [6.07, 6.45) is 7.30. The fourth-order valence-corrected chi connectivity index (χ4v) is 2.85. The standard InChI is InChI=1S/C17H18O2/c18-12-14-11-16(19-15-7-2-1-3-8-15)10-13-6-4-5-9-17(13)14/h4-6,9-12,15H,1-3,7-8H2. The third-order valence-corrected chi connectivity index (χ3v) is 3.85. The van der Waals surface area contributed by atoms with Crippen molar-refractivity contribution in [3.8, 4) is 5.75 Å². The van der Waals surface area contributed by atoms with Gasteiger partial charge in [0.15, 0.2) is 6.29 Å². The van der Waals surface area contributed by atoms with Crippen molar-refractivity contribution in [1.29, 1.82) is 0 Å². The highest BCUT2D eigenvalue weighted by Crippen LogP contribution is 2.28. The molecule has 19 heavy (non-hydrogen) atoms. The van der Waals surface area contributed by atoms with E-state index < -0.39 is 0 Å². The molecule has 0 aliphatic heterocycles. The van der Waals surface area contributed by atoms with Crippen molar-refractivity contribution in [3.05, 3.63) is 42.0 Å². The number of aldehydes is 1. The maximum Gasteiger partial charge on any atom is 0.150 e. The molecule has 3 rings (SSSR count). The predicted octanol–water partition coefficient (Wildman–Crippen LogP) is 4.36. The van der Waals surface area contributed by atoms with Crippen LogP contribution in [0.3, 0.4) is 0 Å². The Morgan fingerprint density at radius 3 is 2.63 bits per heavy atom. The molecule has 0 saturated heterocycles. The summed E-state index contributed by atoms with van der Waals surface area (Å²) in [6, 6.07) is 11.8. The van der Waals surface area contributed by atoms with Crippen LogP contribution in [0.1, 0.15) is 42.5 Å². The summed E-state index contributed by atoms with van der Waals surface area (Å²) in [7, 11) is 0. The zero-order valence-electron chi connectivity index (χ0n) is 11.0. The van der Waals surface area contributed by atoms with E-state index in [-0.39, 0.29) is 0 Å². The zero-order valence-corrected chi connectivity index (χ0v) is 11.0. The number of carbonyl (C=O) groups is 1. The minimum absolute atomic E-state index is 0.314. The highest BCUT2D eigenvalue weighted by molar-refractivity contribution is 5.99. The van der Waals surface area contributed by atoms with Crippen LogP contribution in [0.4, 0.5) is 0 Å². The van der Waals surface area contributed by atoms with Crippen LogP contribution in [0.5, 0.6) is 5.75 Å². The molecule has 0 bridgehead atoms. The molecule has 0 atom stereocenters. The first-order valence-corrected chi connectivity index (χ1v) is 7.01. The minimum Gasteiger partial charge on any atom is -0.490 e. The molecule has 2 aromatic rings. The van der Waals surface area contributed by atoms with Gasteiger partial charge in [0.2, 0.25) is 0 Å². The van der Waals surface area contributed by atoms with Crippen LogP contribution in [-0.2, 0) is 0 Å². The Bertz CT molecular complexity index is 583. The topological polar surface area (TPSA) is 26.3 Å². The number of ether oxygens (including phenoxy) is 1. The van der Waals surface area contributed by atoms with Crippen molar-refractivity contribution >= 4 is 17.1 Å². The molecule has 0 N–H and O–H groups in total. The second-order valence-corrected chi connectivity index (χ2v) is 5.23. The van der Waals surface area contributed by atoms with Crippen LogP contribution in [0.15, 0.2) is 36.4 Å². The summed E-state index contributed by atoms with van der Waals surface area (Å²) in [5.74, 6) is 0.827. The summed E-state index contributed by atoms with van der Waals surface area (Å²) in [6.45, 7) is 0.